The van der Waals surface area contributed by atoms with E-state index >= 15 is 0 Å². The molecule has 0 rings (SSSR count). The van der Waals surface area contributed by atoms with Gasteiger partial charge in [0.1, 0.15) is 0 Å². The van der Waals surface area contributed by atoms with E-state index in [4.69, 9.17) is 44.0 Å². The molecule has 0 aromatic heterocycles. The Labute approximate surface area is 236 Å². The van der Waals surface area contributed by atoms with E-state index in [0.717, 1.165) is 0 Å². The van der Waals surface area contributed by atoms with E-state index in [9.17, 15) is 0 Å². The summed E-state index contributed by atoms with van der Waals surface area (Å²) in [5, 5.41) is 0. The SMILES string of the molecule is CCCCCCC.CCCCCCC.CCCCCCC.OP(O)(O)=S.OP(O)(O)=S.OP(O)(O)=S. The first kappa shape index (κ1) is 50.4. The Bertz CT molecular complexity index is 406. The van der Waals surface area contributed by atoms with E-state index in [1.54, 1.807) is 0 Å². The van der Waals surface area contributed by atoms with Crippen LogP contribution in [0.25, 0.3) is 0 Å². The molecule has 9 nitrogen and oxygen atoms in total. The highest BCUT2D eigenvalue weighted by Gasteiger charge is 1.93. The quantitative estimate of drug-likeness (QED) is 0.0834. The zero-order valence-electron chi connectivity index (χ0n) is 23.2. The molecule has 228 valence electrons. The molecule has 9 N–H and O–H groups in total. The van der Waals surface area contributed by atoms with Crippen LogP contribution in [0.5, 0.6) is 0 Å². The van der Waals surface area contributed by atoms with Gasteiger partial charge in [-0.25, -0.2) is 0 Å². The second-order valence-corrected chi connectivity index (χ2v) is 15.2. The molecule has 0 aliphatic heterocycles. The first-order chi connectivity index (χ1) is 16.2. The van der Waals surface area contributed by atoms with E-state index < -0.39 is 20.2 Å². The first-order valence-corrected chi connectivity index (χ1v) is 20.6. The third kappa shape index (κ3) is 231. The molecule has 0 saturated heterocycles. The van der Waals surface area contributed by atoms with Gasteiger partial charge in [0, 0.05) is 0 Å². The van der Waals surface area contributed by atoms with Crippen molar-refractivity contribution in [1.29, 1.82) is 0 Å². The fourth-order valence-corrected chi connectivity index (χ4v) is 2.03. The van der Waals surface area contributed by atoms with Crippen molar-refractivity contribution >= 4 is 55.6 Å². The summed E-state index contributed by atoms with van der Waals surface area (Å²) in [6.45, 7) is 2.06. The van der Waals surface area contributed by atoms with Crippen molar-refractivity contribution in [2.75, 3.05) is 0 Å². The Morgan fingerprint density at radius 3 is 0.444 bits per heavy atom. The van der Waals surface area contributed by atoms with E-state index in [0.29, 0.717) is 0 Å². The highest BCUT2D eigenvalue weighted by molar-refractivity contribution is 8.06. The van der Waals surface area contributed by atoms with Crippen LogP contribution >= 0.6 is 20.2 Å². The average molecular weight is 643 g/mol. The van der Waals surface area contributed by atoms with Crippen LogP contribution in [0, 0.1) is 0 Å². The zero-order valence-corrected chi connectivity index (χ0v) is 28.3. The summed E-state index contributed by atoms with van der Waals surface area (Å²) in [5.41, 5.74) is 0. The van der Waals surface area contributed by atoms with Crippen LogP contribution in [0.1, 0.15) is 138 Å². The Morgan fingerprint density at radius 1 is 0.306 bits per heavy atom. The Kier molecular flexibility index (Phi) is 54.3. The summed E-state index contributed by atoms with van der Waals surface area (Å²) in [6.07, 6.45) is 21.0. The minimum absolute atomic E-state index is 1.36. The summed E-state index contributed by atoms with van der Waals surface area (Å²) >= 11 is 10.8. The molecule has 0 unspecified atom stereocenters. The van der Waals surface area contributed by atoms with Gasteiger partial charge in [-0.1, -0.05) is 138 Å². The maximum Gasteiger partial charge on any atom is 0.319 e. The number of unbranched alkanes of at least 4 members (excludes halogenated alkanes) is 12. The van der Waals surface area contributed by atoms with Crippen LogP contribution in [0.4, 0.5) is 0 Å². The van der Waals surface area contributed by atoms with Crippen LogP contribution in [0.2, 0.25) is 0 Å². The molecule has 0 heterocycles. The van der Waals surface area contributed by atoms with Gasteiger partial charge in [0.15, 0.2) is 0 Å². The van der Waals surface area contributed by atoms with Crippen LogP contribution in [0.15, 0.2) is 0 Å². The lowest BCUT2D eigenvalue weighted by Crippen LogP contribution is -1.70. The molecule has 0 atom stereocenters. The summed E-state index contributed by atoms with van der Waals surface area (Å²) < 4.78 is 0. The Morgan fingerprint density at radius 2 is 0.389 bits per heavy atom. The van der Waals surface area contributed by atoms with E-state index in [1.165, 1.54) is 96.3 Å². The Balaban J connectivity index is -0.0000000756. The molecule has 0 aromatic rings. The molecule has 0 spiro atoms. The largest absolute Gasteiger partial charge is 0.325 e. The Hall–Kier alpha value is 1.59. The maximum atomic E-state index is 7.56. The summed E-state index contributed by atoms with van der Waals surface area (Å²) in [6, 6.07) is 0. The van der Waals surface area contributed by atoms with Crippen molar-refractivity contribution < 1.29 is 44.0 Å². The van der Waals surface area contributed by atoms with Crippen LogP contribution in [0.3, 0.4) is 0 Å². The maximum absolute atomic E-state index is 7.56. The van der Waals surface area contributed by atoms with Crippen LogP contribution in [-0.4, -0.2) is 44.0 Å². The van der Waals surface area contributed by atoms with Crippen molar-refractivity contribution in [3.8, 4) is 0 Å². The van der Waals surface area contributed by atoms with Crippen molar-refractivity contribution in [3.63, 3.8) is 0 Å². The highest BCUT2D eigenvalue weighted by atomic mass is 32.5. The third-order valence-corrected chi connectivity index (χ3v) is 3.62. The average Bonchev–Trinajstić information content (AvgIpc) is 2.67. The van der Waals surface area contributed by atoms with Crippen LogP contribution < -0.4 is 0 Å². The molecular formula is C21H57O9P3S3. The molecule has 0 bridgehead atoms. The topological polar surface area (TPSA) is 182 Å². The first-order valence-electron chi connectivity index (χ1n) is 12.6. The molecule has 15 heteroatoms. The van der Waals surface area contributed by atoms with E-state index in [2.05, 4.69) is 77.0 Å². The lowest BCUT2D eigenvalue weighted by molar-refractivity contribution is 0.361. The van der Waals surface area contributed by atoms with Crippen molar-refractivity contribution in [3.05, 3.63) is 0 Å². The van der Waals surface area contributed by atoms with Gasteiger partial charge in [0.25, 0.3) is 0 Å². The second kappa shape index (κ2) is 38.7. The molecule has 0 aliphatic rings. The molecule has 0 saturated carbocycles. The van der Waals surface area contributed by atoms with Crippen LogP contribution in [-0.2, 0) is 35.4 Å². The highest BCUT2D eigenvalue weighted by Crippen LogP contribution is 2.27. The van der Waals surface area contributed by atoms with Gasteiger partial charge in [0.2, 0.25) is 0 Å². The second-order valence-electron chi connectivity index (χ2n) is 7.72. The van der Waals surface area contributed by atoms with Crippen molar-refractivity contribution in [2.45, 2.75) is 138 Å². The molecule has 0 aromatic carbocycles. The van der Waals surface area contributed by atoms with Gasteiger partial charge in [-0.05, 0) is 35.4 Å². The van der Waals surface area contributed by atoms with Crippen molar-refractivity contribution in [2.24, 2.45) is 0 Å². The fraction of sp³-hybridized carbons (Fsp3) is 1.00. The van der Waals surface area contributed by atoms with E-state index in [-0.39, 0.29) is 0 Å². The monoisotopic (exact) mass is 642 g/mol. The van der Waals surface area contributed by atoms with Gasteiger partial charge in [0.05, 0.1) is 0 Å². The third-order valence-electron chi connectivity index (χ3n) is 3.62. The molecule has 0 fully saturated rings. The molecule has 36 heavy (non-hydrogen) atoms. The van der Waals surface area contributed by atoms with Gasteiger partial charge in [-0.15, -0.1) is 0 Å². The predicted molar refractivity (Wildman–Crippen MR) is 166 cm³/mol. The van der Waals surface area contributed by atoms with Gasteiger partial charge < -0.3 is 44.0 Å². The smallest absolute Gasteiger partial charge is 0.319 e. The minimum Gasteiger partial charge on any atom is -0.325 e. The lowest BCUT2D eigenvalue weighted by Gasteiger charge is -1.90. The van der Waals surface area contributed by atoms with Gasteiger partial charge in [-0.3, -0.25) is 0 Å². The van der Waals surface area contributed by atoms with E-state index in [1.807, 2.05) is 0 Å². The van der Waals surface area contributed by atoms with Gasteiger partial charge in [-0.2, -0.15) is 0 Å². The number of rotatable bonds is 12. The minimum atomic E-state index is -3.81. The molecule has 0 aliphatic carbocycles. The van der Waals surface area contributed by atoms with Gasteiger partial charge >= 0.3 is 20.2 Å². The molecular weight excluding hydrogens is 585 g/mol. The number of hydrogen-bond acceptors (Lipinski definition) is 3. The fourth-order valence-electron chi connectivity index (χ4n) is 2.03. The lowest BCUT2D eigenvalue weighted by atomic mass is 10.2. The normalized spacial score (nSPS) is 10.4. The van der Waals surface area contributed by atoms with Crippen molar-refractivity contribution in [1.82, 2.24) is 0 Å². The summed E-state index contributed by atoms with van der Waals surface area (Å²) in [4.78, 5) is 68.0. The zero-order chi connectivity index (χ0) is 30.1. The summed E-state index contributed by atoms with van der Waals surface area (Å²) in [5.74, 6) is 0. The summed E-state index contributed by atoms with van der Waals surface area (Å²) in [7, 11) is 0. The standard InChI is InChI=1S/3C7H16.3H3O3PS/c3*1-3-5-7-6-4-2;3*1-4(2,3)5/h3*3-7H2,1-2H3;3*(H3,1,2,3,5). The predicted octanol–water partition coefficient (Wildman–Crippen LogP) is 6.49. The number of hydrogen-bond donors (Lipinski definition) is 9. The molecule has 0 amide bonds. The molecule has 0 radical (unpaired) electrons.